The van der Waals surface area contributed by atoms with E-state index >= 15 is 0 Å². The van der Waals surface area contributed by atoms with Crippen molar-refractivity contribution in [1.82, 2.24) is 4.31 Å². The summed E-state index contributed by atoms with van der Waals surface area (Å²) >= 11 is 9.09. The molecular weight excluding hydrogens is 418 g/mol. The molecule has 0 aromatic heterocycles. The van der Waals surface area contributed by atoms with Crippen LogP contribution in [0.5, 0.6) is 0 Å². The summed E-state index contributed by atoms with van der Waals surface area (Å²) in [6.45, 7) is 0. The minimum atomic E-state index is -3.95. The van der Waals surface area contributed by atoms with Gasteiger partial charge in [-0.25, -0.2) is 8.42 Å². The van der Waals surface area contributed by atoms with Crippen molar-refractivity contribution in [2.24, 2.45) is 0 Å². The van der Waals surface area contributed by atoms with Gasteiger partial charge in [0.2, 0.25) is 10.0 Å². The van der Waals surface area contributed by atoms with Crippen molar-refractivity contribution in [1.29, 1.82) is 0 Å². The van der Waals surface area contributed by atoms with Crippen LogP contribution < -0.4 is 0 Å². The lowest BCUT2D eigenvalue weighted by Crippen LogP contribution is -2.43. The van der Waals surface area contributed by atoms with E-state index in [9.17, 15) is 18.3 Å². The van der Waals surface area contributed by atoms with E-state index in [0.717, 1.165) is 14.3 Å². The molecule has 0 aliphatic carbocycles. The normalized spacial score (nSPS) is 13.0. The molecule has 1 N–H and O–H groups in total. The summed E-state index contributed by atoms with van der Waals surface area (Å²) in [6.07, 6.45) is 0.0537. The van der Waals surface area contributed by atoms with Gasteiger partial charge < -0.3 is 5.11 Å². The van der Waals surface area contributed by atoms with E-state index in [2.05, 4.69) is 15.9 Å². The lowest BCUT2D eigenvalue weighted by atomic mass is 10.1. The number of sulfonamides is 1. The van der Waals surface area contributed by atoms with E-state index in [1.807, 2.05) is 6.07 Å². The van der Waals surface area contributed by atoms with Gasteiger partial charge in [0.1, 0.15) is 6.04 Å². The number of rotatable bonds is 6. The number of halogens is 2. The highest BCUT2D eigenvalue weighted by Gasteiger charge is 2.33. The molecule has 1 unspecified atom stereocenters. The standard InChI is InChI=1S/C16H15BrClNO4S/c1-19(24(22,23)14-7-5-13(18)6-8-14)15(16(20)21)10-11-3-2-4-12(17)9-11/h2-9,15H,10H2,1H3,(H,20,21). The highest BCUT2D eigenvalue weighted by molar-refractivity contribution is 9.10. The molecule has 0 fully saturated rings. The maximum absolute atomic E-state index is 12.7. The van der Waals surface area contributed by atoms with Gasteiger partial charge in [-0.3, -0.25) is 4.79 Å². The molecule has 24 heavy (non-hydrogen) atoms. The summed E-state index contributed by atoms with van der Waals surface area (Å²) in [5.74, 6) is -1.21. The summed E-state index contributed by atoms with van der Waals surface area (Å²) in [7, 11) is -2.68. The van der Waals surface area contributed by atoms with Crippen LogP contribution in [0.25, 0.3) is 0 Å². The Morgan fingerprint density at radius 3 is 2.42 bits per heavy atom. The monoisotopic (exact) mass is 431 g/mol. The van der Waals surface area contributed by atoms with Crippen molar-refractivity contribution >= 4 is 43.5 Å². The fraction of sp³-hybridized carbons (Fsp3) is 0.188. The molecule has 1 atom stereocenters. The average molecular weight is 433 g/mol. The topological polar surface area (TPSA) is 74.7 Å². The fourth-order valence-corrected chi connectivity index (χ4v) is 4.08. The number of carboxylic acid groups (broad SMARTS) is 1. The molecule has 0 spiro atoms. The first-order chi connectivity index (χ1) is 11.2. The van der Waals surface area contributed by atoms with E-state index in [4.69, 9.17) is 11.6 Å². The van der Waals surface area contributed by atoms with Crippen molar-refractivity contribution in [2.75, 3.05) is 7.05 Å². The molecule has 128 valence electrons. The Bertz CT molecular complexity index is 839. The van der Waals surface area contributed by atoms with Gasteiger partial charge in [0.05, 0.1) is 4.90 Å². The second kappa shape index (κ2) is 7.65. The van der Waals surface area contributed by atoms with Gasteiger partial charge in [-0.1, -0.05) is 39.7 Å². The molecule has 0 bridgehead atoms. The van der Waals surface area contributed by atoms with Gasteiger partial charge in [-0.15, -0.1) is 0 Å². The van der Waals surface area contributed by atoms with Crippen LogP contribution in [0.1, 0.15) is 5.56 Å². The molecule has 2 aromatic carbocycles. The Kier molecular flexibility index (Phi) is 6.03. The van der Waals surface area contributed by atoms with Crippen molar-refractivity contribution in [2.45, 2.75) is 17.4 Å². The molecule has 0 aliphatic rings. The van der Waals surface area contributed by atoms with Crippen LogP contribution in [0.2, 0.25) is 5.02 Å². The van der Waals surface area contributed by atoms with Gasteiger partial charge >= 0.3 is 5.97 Å². The molecule has 0 amide bonds. The van der Waals surface area contributed by atoms with Gasteiger partial charge in [-0.2, -0.15) is 4.31 Å². The molecular formula is C16H15BrClNO4S. The van der Waals surface area contributed by atoms with Crippen LogP contribution in [0.3, 0.4) is 0 Å². The van der Waals surface area contributed by atoms with Crippen molar-refractivity contribution in [3.05, 3.63) is 63.6 Å². The average Bonchev–Trinajstić information content (AvgIpc) is 2.52. The maximum atomic E-state index is 12.7. The Hall–Kier alpha value is -1.41. The fourth-order valence-electron chi connectivity index (χ4n) is 2.20. The third-order valence-electron chi connectivity index (χ3n) is 3.53. The highest BCUT2D eigenvalue weighted by Crippen LogP contribution is 2.22. The summed E-state index contributed by atoms with van der Waals surface area (Å²) in [4.78, 5) is 11.6. The predicted molar refractivity (Wildman–Crippen MR) is 95.7 cm³/mol. The van der Waals surface area contributed by atoms with Crippen LogP contribution in [0.4, 0.5) is 0 Å². The maximum Gasteiger partial charge on any atom is 0.322 e. The molecule has 5 nitrogen and oxygen atoms in total. The largest absolute Gasteiger partial charge is 0.480 e. The van der Waals surface area contributed by atoms with E-state index in [-0.39, 0.29) is 11.3 Å². The summed E-state index contributed by atoms with van der Waals surface area (Å²) in [6, 6.07) is 11.5. The molecule has 0 saturated carbocycles. The van der Waals surface area contributed by atoms with E-state index in [1.54, 1.807) is 18.2 Å². The second-order valence-corrected chi connectivity index (χ2v) is 8.51. The smallest absolute Gasteiger partial charge is 0.322 e. The van der Waals surface area contributed by atoms with E-state index in [0.29, 0.717) is 5.02 Å². The molecule has 0 heterocycles. The Morgan fingerprint density at radius 1 is 1.25 bits per heavy atom. The summed E-state index contributed by atoms with van der Waals surface area (Å²) < 4.78 is 27.0. The zero-order valence-corrected chi connectivity index (χ0v) is 15.8. The van der Waals surface area contributed by atoms with Crippen LogP contribution in [-0.2, 0) is 21.2 Å². The van der Waals surface area contributed by atoms with Crippen LogP contribution in [0, 0.1) is 0 Å². The first kappa shape index (κ1) is 18.9. The number of carboxylic acids is 1. The minimum absolute atomic E-state index is 0.00473. The number of likely N-dealkylation sites (N-methyl/N-ethyl adjacent to an activating group) is 1. The Balaban J connectivity index is 2.33. The Labute approximate surface area is 154 Å². The zero-order chi connectivity index (χ0) is 17.9. The van der Waals surface area contributed by atoms with E-state index in [1.165, 1.54) is 31.3 Å². The molecule has 0 aliphatic heterocycles. The quantitative estimate of drug-likeness (QED) is 0.759. The number of carbonyl (C=O) groups is 1. The van der Waals surface area contributed by atoms with Gasteiger partial charge in [-0.05, 0) is 48.4 Å². The molecule has 2 rings (SSSR count). The number of benzene rings is 2. The first-order valence-electron chi connectivity index (χ1n) is 6.92. The van der Waals surface area contributed by atoms with Gasteiger partial charge in [0.15, 0.2) is 0 Å². The summed E-state index contributed by atoms with van der Waals surface area (Å²) in [5.41, 5.74) is 0.718. The predicted octanol–water partition coefficient (Wildman–Crippen LogP) is 3.42. The highest BCUT2D eigenvalue weighted by atomic mass is 79.9. The summed E-state index contributed by atoms with van der Waals surface area (Å²) in [5, 5.41) is 9.89. The van der Waals surface area contributed by atoms with Crippen LogP contribution in [0.15, 0.2) is 57.9 Å². The third-order valence-corrected chi connectivity index (χ3v) is 6.16. The SMILES string of the molecule is CN(C(Cc1cccc(Br)c1)C(=O)O)S(=O)(=O)c1ccc(Cl)cc1. The van der Waals surface area contributed by atoms with Crippen molar-refractivity contribution < 1.29 is 18.3 Å². The van der Waals surface area contributed by atoms with Crippen LogP contribution >= 0.6 is 27.5 Å². The second-order valence-electron chi connectivity index (χ2n) is 5.16. The number of aliphatic carboxylic acids is 1. The molecule has 8 heteroatoms. The molecule has 0 saturated heterocycles. The Morgan fingerprint density at radius 2 is 1.88 bits per heavy atom. The molecule has 2 aromatic rings. The third kappa shape index (κ3) is 4.36. The van der Waals surface area contributed by atoms with Crippen LogP contribution in [-0.4, -0.2) is 36.9 Å². The zero-order valence-electron chi connectivity index (χ0n) is 12.7. The van der Waals surface area contributed by atoms with E-state index < -0.39 is 22.0 Å². The lowest BCUT2D eigenvalue weighted by Gasteiger charge is -2.24. The lowest BCUT2D eigenvalue weighted by molar-refractivity contribution is -0.141. The number of nitrogens with zero attached hydrogens (tertiary/aromatic N) is 1. The van der Waals surface area contributed by atoms with Gasteiger partial charge in [0.25, 0.3) is 0 Å². The molecule has 0 radical (unpaired) electrons. The number of hydrogen-bond donors (Lipinski definition) is 1. The van der Waals surface area contributed by atoms with Crippen molar-refractivity contribution in [3.8, 4) is 0 Å². The van der Waals surface area contributed by atoms with Crippen molar-refractivity contribution in [3.63, 3.8) is 0 Å². The minimum Gasteiger partial charge on any atom is -0.480 e. The number of hydrogen-bond acceptors (Lipinski definition) is 3. The van der Waals surface area contributed by atoms with Gasteiger partial charge in [0, 0.05) is 16.5 Å². The first-order valence-corrected chi connectivity index (χ1v) is 9.54.